The summed E-state index contributed by atoms with van der Waals surface area (Å²) in [5.74, 6) is -5.13. The molecule has 4 N–H and O–H groups in total. The van der Waals surface area contributed by atoms with Crippen LogP contribution in [0.3, 0.4) is 0 Å². The number of para-hydroxylation sites is 1. The molecule has 4 heterocycles. The minimum Gasteiger partial charge on any atom is -0.480 e. The number of ketones is 1. The van der Waals surface area contributed by atoms with Crippen LogP contribution in [0.1, 0.15) is 129 Å². The largest absolute Gasteiger partial charge is 0.480 e. The minimum absolute atomic E-state index is 0.0123. The lowest BCUT2D eigenvalue weighted by atomic mass is 9.89. The van der Waals surface area contributed by atoms with Gasteiger partial charge in [-0.25, -0.2) is 9.48 Å². The SMILES string of the molecule is CC[C@H](C)[C@@H]([C@@H](CC(=O)N1CCC[C@H]1[C@H](OC)[C@@H](C)C(=O)N[C@@H](Cc1ccccc1)C(=O)O)OC)N(C)C(=O)[C@@H](NC(=O)[C@H](C(C)C)N(C)C(=O)CCOCCOCCOCCOCCNC(=O)CCC(=O)N1Cc2ccccc2-c2nnn(CCOCCOCCOCCOCCCC(=O)CCc3ccncc3)c2-c2ccccc21)C(C)C. The normalized spacial score (nSPS) is 15.3. The molecule has 0 radical (unpaired) electrons. The van der Waals surface area contributed by atoms with Gasteiger partial charge in [0, 0.05) is 104 Å². The van der Waals surface area contributed by atoms with Gasteiger partial charge in [0.05, 0.1) is 167 Å². The number of aryl methyl sites for hydroxylation is 1. The summed E-state index contributed by atoms with van der Waals surface area (Å²) in [6.07, 6.45) is 6.09. The first-order valence-electron chi connectivity index (χ1n) is 41.9. The van der Waals surface area contributed by atoms with Crippen molar-refractivity contribution in [2.75, 3.05) is 152 Å². The van der Waals surface area contributed by atoms with Crippen LogP contribution in [-0.2, 0) is 116 Å². The highest BCUT2D eigenvalue weighted by molar-refractivity contribution is 6.01. The number of amides is 7. The van der Waals surface area contributed by atoms with Gasteiger partial charge in [0.25, 0.3) is 0 Å². The quantitative estimate of drug-likeness (QED) is 0.0272. The molecule has 1 fully saturated rings. The number of Topliss-reactive ketones (excluding diaryl/α,β-unsaturated/α-hetero) is 1. The van der Waals surface area contributed by atoms with E-state index in [0.717, 1.165) is 39.9 Å². The van der Waals surface area contributed by atoms with Crippen molar-refractivity contribution in [1.82, 2.24) is 50.6 Å². The highest BCUT2D eigenvalue weighted by Gasteiger charge is 2.44. The number of aromatic nitrogens is 4. The number of hydrogen-bond donors (Lipinski definition) is 4. The van der Waals surface area contributed by atoms with Gasteiger partial charge in [-0.3, -0.25) is 43.3 Å². The number of likely N-dealkylation sites (N-methyl/N-ethyl adjacent to an activating group) is 2. The van der Waals surface area contributed by atoms with E-state index in [2.05, 4.69) is 31.2 Å². The van der Waals surface area contributed by atoms with Gasteiger partial charge < -0.3 is 88.0 Å². The molecule has 0 unspecified atom stereocenters. The van der Waals surface area contributed by atoms with E-state index in [0.29, 0.717) is 129 Å². The first-order chi connectivity index (χ1) is 57.5. The number of rotatable bonds is 58. The van der Waals surface area contributed by atoms with Gasteiger partial charge in [-0.2, -0.15) is 0 Å². The maximum absolute atomic E-state index is 14.8. The molecular weight excluding hydrogens is 1530 g/mol. The fraction of sp³-hybridized carbons (Fsp3) is 0.614. The van der Waals surface area contributed by atoms with E-state index in [1.165, 1.54) is 19.1 Å². The molecule has 119 heavy (non-hydrogen) atoms. The topological polar surface area (TPSA) is 359 Å². The number of methoxy groups -OCH3 is 2. The Morgan fingerprint density at radius 2 is 1.19 bits per heavy atom. The minimum atomic E-state index is -1.18. The molecular formula is C88H129N11O20. The Morgan fingerprint density at radius 3 is 1.81 bits per heavy atom. The molecule has 0 saturated carbocycles. The van der Waals surface area contributed by atoms with Gasteiger partial charge in [0.1, 0.15) is 29.6 Å². The van der Waals surface area contributed by atoms with E-state index in [4.69, 9.17) is 47.4 Å². The van der Waals surface area contributed by atoms with Gasteiger partial charge in [-0.15, -0.1) is 5.10 Å². The summed E-state index contributed by atoms with van der Waals surface area (Å²) in [5.41, 5.74) is 6.47. The number of fused-ring (bicyclic) bond motifs is 5. The second kappa shape index (κ2) is 52.9. The van der Waals surface area contributed by atoms with Crippen molar-refractivity contribution < 1.29 is 95.6 Å². The van der Waals surface area contributed by atoms with Gasteiger partial charge in [0.2, 0.25) is 41.4 Å². The molecule has 656 valence electrons. The zero-order valence-corrected chi connectivity index (χ0v) is 71.6. The second-order valence-electron chi connectivity index (χ2n) is 30.8. The van der Waals surface area contributed by atoms with Crippen LogP contribution >= 0.6 is 0 Å². The number of anilines is 1. The Labute approximate surface area is 701 Å². The zero-order valence-electron chi connectivity index (χ0n) is 71.6. The summed E-state index contributed by atoms with van der Waals surface area (Å²) in [7, 11) is 6.19. The van der Waals surface area contributed by atoms with Crippen molar-refractivity contribution in [1.29, 1.82) is 0 Å². The third-order valence-electron chi connectivity index (χ3n) is 21.6. The van der Waals surface area contributed by atoms with Gasteiger partial charge in [0.15, 0.2) is 0 Å². The Kier molecular flexibility index (Phi) is 43.2. The average molecular weight is 1660 g/mol. The Hall–Kier alpha value is -9.02. The van der Waals surface area contributed by atoms with Crippen LogP contribution in [0, 0.1) is 23.7 Å². The average Bonchev–Trinajstić information content (AvgIpc) is 1.71. The lowest BCUT2D eigenvalue weighted by Gasteiger charge is -2.41. The predicted molar refractivity (Wildman–Crippen MR) is 446 cm³/mol. The summed E-state index contributed by atoms with van der Waals surface area (Å²) < 4.78 is 59.5. The molecule has 1 saturated heterocycles. The van der Waals surface area contributed by atoms with Crippen LogP contribution in [0.4, 0.5) is 5.69 Å². The third kappa shape index (κ3) is 31.2. The molecule has 0 bridgehead atoms. The summed E-state index contributed by atoms with van der Waals surface area (Å²) in [6, 6.07) is 24.1. The van der Waals surface area contributed by atoms with Crippen molar-refractivity contribution in [3.05, 3.63) is 120 Å². The number of benzene rings is 3. The number of carbonyl (C=O) groups is 9. The molecule has 2 aliphatic heterocycles. The molecule has 31 heteroatoms. The lowest BCUT2D eigenvalue weighted by Crippen LogP contribution is -2.60. The number of carbonyl (C=O) groups excluding carboxylic acids is 8. The maximum atomic E-state index is 14.8. The summed E-state index contributed by atoms with van der Waals surface area (Å²) in [4.78, 5) is 133. The lowest BCUT2D eigenvalue weighted by molar-refractivity contribution is -0.149. The molecule has 7 amide bonds. The number of nitrogens with one attached hydrogen (secondary N) is 3. The molecule has 2 aromatic heterocycles. The molecule has 7 rings (SSSR count). The number of likely N-dealkylation sites (tertiary alicyclic amines) is 1. The van der Waals surface area contributed by atoms with Crippen LogP contribution in [0.2, 0.25) is 0 Å². The second-order valence-corrected chi connectivity index (χ2v) is 30.8. The Morgan fingerprint density at radius 1 is 0.597 bits per heavy atom. The number of pyridine rings is 1. The number of carboxylic acids is 1. The maximum Gasteiger partial charge on any atom is 0.326 e. The van der Waals surface area contributed by atoms with E-state index in [1.54, 1.807) is 77.1 Å². The third-order valence-corrected chi connectivity index (χ3v) is 21.6. The Bertz CT molecular complexity index is 3910. The van der Waals surface area contributed by atoms with Crippen LogP contribution < -0.4 is 20.9 Å². The number of carboxylic acid groups (broad SMARTS) is 1. The van der Waals surface area contributed by atoms with Crippen LogP contribution in [0.25, 0.3) is 22.5 Å². The zero-order chi connectivity index (χ0) is 86.0. The fourth-order valence-corrected chi connectivity index (χ4v) is 15.0. The first kappa shape index (κ1) is 97.1. The van der Waals surface area contributed by atoms with Gasteiger partial charge >= 0.3 is 5.97 Å². The fourth-order valence-electron chi connectivity index (χ4n) is 15.0. The molecule has 0 spiro atoms. The predicted octanol–water partition coefficient (Wildman–Crippen LogP) is 7.61. The highest BCUT2D eigenvalue weighted by Crippen LogP contribution is 2.42. The molecule has 2 aliphatic rings. The smallest absolute Gasteiger partial charge is 0.326 e. The standard InChI is InChI=1S/C88H129N11O20/c1-12-63(6)82(74(110-10)59-78(104)97-40-20-29-73(97)84(111-11)64(7)85(105)91-71(88(108)109)58-66-22-14-13-15-23-66)96(9)87(107)79(61(2)3)92-86(106)81(62(4)5)95(8)76(102)36-43-113-47-51-117-55-56-118-52-48-114-44-39-90-75(101)32-33-77(103)98-60-67-24-16-17-26-69(67)80-83(70-27-18-19-28-72(70)98)99(94-93-80)41-45-115-49-53-119-57-54-116-50-46-112-42-21-25-68(100)31-30-65-34-37-89-38-35-65/h13-19,22-24,26-28,34-35,37-38,61-64,71,73-74,79,81-82,84H,12,20-21,25,29-33,36,39-60H2,1-11H3,(H,90,101)(H,91,105)(H,92,106)(H,108,109)/t63-,64+,71-,73-,74+,79-,81-,82-,84+/m0/s1. The monoisotopic (exact) mass is 1660 g/mol. The van der Waals surface area contributed by atoms with Crippen LogP contribution in [0.5, 0.6) is 0 Å². The first-order valence-corrected chi connectivity index (χ1v) is 41.9. The van der Waals surface area contributed by atoms with Crippen molar-refractivity contribution >= 4 is 58.8 Å². The Balaban J connectivity index is 0.739. The molecule has 31 nitrogen and oxygen atoms in total. The number of aliphatic carboxylic acids is 1. The molecule has 3 aromatic carbocycles. The van der Waals surface area contributed by atoms with Crippen LogP contribution in [-0.4, -0.2) is 282 Å². The van der Waals surface area contributed by atoms with Crippen LogP contribution in [0.15, 0.2) is 103 Å². The summed E-state index contributed by atoms with van der Waals surface area (Å²) >= 11 is 0. The van der Waals surface area contributed by atoms with E-state index < -0.39 is 66.1 Å². The van der Waals surface area contributed by atoms with E-state index >= 15 is 0 Å². The number of ether oxygens (including phenoxy) is 10. The molecule has 9 atom stereocenters. The van der Waals surface area contributed by atoms with E-state index in [-0.39, 0.29) is 138 Å². The summed E-state index contributed by atoms with van der Waals surface area (Å²) in [6.45, 7) is 19.4. The van der Waals surface area contributed by atoms with Crippen molar-refractivity contribution in [3.8, 4) is 22.5 Å². The van der Waals surface area contributed by atoms with Crippen molar-refractivity contribution in [2.45, 2.75) is 181 Å². The summed E-state index contributed by atoms with van der Waals surface area (Å²) in [5, 5.41) is 27.8. The van der Waals surface area contributed by atoms with Gasteiger partial charge in [-0.1, -0.05) is 133 Å². The van der Waals surface area contributed by atoms with Crippen molar-refractivity contribution in [3.63, 3.8) is 0 Å². The number of hydrogen-bond acceptors (Lipinski definition) is 22. The number of nitrogens with zero attached hydrogens (tertiary/aromatic N) is 8. The highest BCUT2D eigenvalue weighted by atomic mass is 16.6. The molecule has 0 aliphatic carbocycles. The van der Waals surface area contributed by atoms with Crippen molar-refractivity contribution in [2.24, 2.45) is 23.7 Å². The molecule has 5 aromatic rings. The van der Waals surface area contributed by atoms with E-state index in [9.17, 15) is 48.3 Å². The van der Waals surface area contributed by atoms with E-state index in [1.807, 2.05) is 108 Å². The van der Waals surface area contributed by atoms with Gasteiger partial charge in [-0.05, 0) is 78.3 Å².